The molecule has 0 aromatic rings. The molecule has 11 heavy (non-hydrogen) atoms. The molecule has 1 amide bonds. The number of carbonyl (C=O) groups excluding carboxylic acids is 1. The van der Waals surface area contributed by atoms with E-state index in [0.29, 0.717) is 5.25 Å². The Bertz CT molecular complexity index is 130. The first-order chi connectivity index (χ1) is 5.11. The Morgan fingerprint density at radius 1 is 1.64 bits per heavy atom. The molecule has 0 saturated heterocycles. The molecule has 0 aromatic carbocycles. The molecule has 0 saturated carbocycles. The SMILES string of the molecule is CCC(C)SC(C)C(=O)NN. The fraction of sp³-hybridized carbons (Fsp3) is 0.857. The van der Waals surface area contributed by atoms with E-state index >= 15 is 0 Å². The van der Waals surface area contributed by atoms with Crippen molar-refractivity contribution in [1.29, 1.82) is 0 Å². The van der Waals surface area contributed by atoms with Crippen molar-refractivity contribution in [2.45, 2.75) is 37.7 Å². The Labute approximate surface area is 72.1 Å². The van der Waals surface area contributed by atoms with Crippen LogP contribution in [0.15, 0.2) is 0 Å². The number of carbonyl (C=O) groups is 1. The highest BCUT2D eigenvalue weighted by molar-refractivity contribution is 8.01. The molecule has 0 aliphatic heterocycles. The van der Waals surface area contributed by atoms with Gasteiger partial charge >= 0.3 is 0 Å². The van der Waals surface area contributed by atoms with E-state index in [4.69, 9.17) is 5.84 Å². The van der Waals surface area contributed by atoms with E-state index in [1.165, 1.54) is 0 Å². The van der Waals surface area contributed by atoms with E-state index in [-0.39, 0.29) is 11.2 Å². The number of rotatable bonds is 4. The summed E-state index contributed by atoms with van der Waals surface area (Å²) in [5, 5.41) is 0.470. The van der Waals surface area contributed by atoms with E-state index in [2.05, 4.69) is 19.3 Å². The maximum absolute atomic E-state index is 10.9. The second-order valence-electron chi connectivity index (χ2n) is 2.51. The van der Waals surface area contributed by atoms with Gasteiger partial charge < -0.3 is 0 Å². The topological polar surface area (TPSA) is 55.1 Å². The van der Waals surface area contributed by atoms with E-state index in [0.717, 1.165) is 6.42 Å². The molecule has 2 unspecified atom stereocenters. The second-order valence-corrected chi connectivity index (χ2v) is 4.29. The summed E-state index contributed by atoms with van der Waals surface area (Å²) in [4.78, 5) is 10.9. The van der Waals surface area contributed by atoms with Crippen molar-refractivity contribution in [3.8, 4) is 0 Å². The zero-order valence-electron chi connectivity index (χ0n) is 7.26. The van der Waals surface area contributed by atoms with Crippen LogP contribution in [0.1, 0.15) is 27.2 Å². The summed E-state index contributed by atoms with van der Waals surface area (Å²) < 4.78 is 0. The molecule has 0 aliphatic carbocycles. The Hall–Kier alpha value is -0.220. The molecule has 0 radical (unpaired) electrons. The molecule has 3 nitrogen and oxygen atoms in total. The van der Waals surface area contributed by atoms with Crippen LogP contribution in [0.4, 0.5) is 0 Å². The first-order valence-corrected chi connectivity index (χ1v) is 4.72. The lowest BCUT2D eigenvalue weighted by molar-refractivity contribution is -0.120. The van der Waals surface area contributed by atoms with Crippen LogP contribution < -0.4 is 11.3 Å². The van der Waals surface area contributed by atoms with Gasteiger partial charge in [-0.1, -0.05) is 13.8 Å². The molecule has 0 rings (SSSR count). The van der Waals surface area contributed by atoms with Crippen LogP contribution in [0.2, 0.25) is 0 Å². The molecular formula is C7H16N2OS. The maximum Gasteiger partial charge on any atom is 0.246 e. The van der Waals surface area contributed by atoms with Gasteiger partial charge in [0.15, 0.2) is 0 Å². The molecule has 4 heteroatoms. The van der Waals surface area contributed by atoms with Crippen molar-refractivity contribution < 1.29 is 4.79 Å². The standard InChI is InChI=1S/C7H16N2OS/c1-4-5(2)11-6(3)7(10)9-8/h5-6H,4,8H2,1-3H3,(H,9,10). The Morgan fingerprint density at radius 2 is 2.18 bits per heavy atom. The summed E-state index contributed by atoms with van der Waals surface area (Å²) in [6.07, 6.45) is 1.08. The van der Waals surface area contributed by atoms with Crippen LogP contribution in [0.3, 0.4) is 0 Å². The van der Waals surface area contributed by atoms with Gasteiger partial charge in [-0.25, -0.2) is 5.84 Å². The molecule has 0 aromatic heterocycles. The van der Waals surface area contributed by atoms with Crippen molar-refractivity contribution in [3.63, 3.8) is 0 Å². The summed E-state index contributed by atoms with van der Waals surface area (Å²) in [7, 11) is 0. The highest BCUT2D eigenvalue weighted by Crippen LogP contribution is 2.19. The fourth-order valence-corrected chi connectivity index (χ4v) is 1.70. The average Bonchev–Trinajstić information content (AvgIpc) is 2.02. The summed E-state index contributed by atoms with van der Waals surface area (Å²) in [5.74, 6) is 4.88. The molecule has 2 atom stereocenters. The lowest BCUT2D eigenvalue weighted by atomic mass is 10.4. The largest absolute Gasteiger partial charge is 0.293 e. The number of hydrogen-bond acceptors (Lipinski definition) is 3. The monoisotopic (exact) mass is 176 g/mol. The molecule has 0 aliphatic rings. The molecule has 0 heterocycles. The van der Waals surface area contributed by atoms with Crippen molar-refractivity contribution in [2.24, 2.45) is 5.84 Å². The second kappa shape index (κ2) is 5.43. The van der Waals surface area contributed by atoms with E-state index in [1.54, 1.807) is 11.8 Å². The third-order valence-corrected chi connectivity index (χ3v) is 2.94. The average molecular weight is 176 g/mol. The van der Waals surface area contributed by atoms with Crippen LogP contribution in [0, 0.1) is 0 Å². The predicted molar refractivity (Wildman–Crippen MR) is 49.1 cm³/mol. The van der Waals surface area contributed by atoms with Gasteiger partial charge in [0.1, 0.15) is 0 Å². The van der Waals surface area contributed by atoms with E-state index in [9.17, 15) is 4.79 Å². The molecule has 0 bridgehead atoms. The van der Waals surface area contributed by atoms with Gasteiger partial charge in [-0.2, -0.15) is 0 Å². The highest BCUT2D eigenvalue weighted by Gasteiger charge is 2.14. The zero-order chi connectivity index (χ0) is 8.85. The fourth-order valence-electron chi connectivity index (χ4n) is 0.624. The molecule has 0 spiro atoms. The Kier molecular flexibility index (Phi) is 5.32. The Morgan fingerprint density at radius 3 is 2.55 bits per heavy atom. The van der Waals surface area contributed by atoms with Crippen molar-refractivity contribution in [2.75, 3.05) is 0 Å². The molecule has 3 N–H and O–H groups in total. The molecule has 0 fully saturated rings. The van der Waals surface area contributed by atoms with Gasteiger partial charge in [-0.05, 0) is 13.3 Å². The first kappa shape index (κ1) is 10.8. The lowest BCUT2D eigenvalue weighted by Crippen LogP contribution is -2.36. The minimum absolute atomic E-state index is 0.0463. The van der Waals surface area contributed by atoms with Gasteiger partial charge in [0.2, 0.25) is 5.91 Å². The van der Waals surface area contributed by atoms with Gasteiger partial charge in [0.25, 0.3) is 0 Å². The summed E-state index contributed by atoms with van der Waals surface area (Å²) >= 11 is 1.64. The minimum atomic E-state index is -0.102. The number of hydrazine groups is 1. The zero-order valence-corrected chi connectivity index (χ0v) is 8.07. The van der Waals surface area contributed by atoms with E-state index in [1.807, 2.05) is 6.92 Å². The van der Waals surface area contributed by atoms with Crippen LogP contribution in [0.5, 0.6) is 0 Å². The minimum Gasteiger partial charge on any atom is -0.293 e. The smallest absolute Gasteiger partial charge is 0.246 e. The highest BCUT2D eigenvalue weighted by atomic mass is 32.2. The summed E-state index contributed by atoms with van der Waals surface area (Å²) in [6, 6.07) is 0. The van der Waals surface area contributed by atoms with Crippen molar-refractivity contribution in [1.82, 2.24) is 5.43 Å². The van der Waals surface area contributed by atoms with Crippen LogP contribution >= 0.6 is 11.8 Å². The maximum atomic E-state index is 10.9. The van der Waals surface area contributed by atoms with Crippen molar-refractivity contribution >= 4 is 17.7 Å². The third kappa shape index (κ3) is 4.27. The Balaban J connectivity index is 3.67. The van der Waals surface area contributed by atoms with Gasteiger partial charge in [0.05, 0.1) is 5.25 Å². The quantitative estimate of drug-likeness (QED) is 0.380. The van der Waals surface area contributed by atoms with Crippen LogP contribution in [-0.2, 0) is 4.79 Å². The number of thioether (sulfide) groups is 1. The molecule has 66 valence electrons. The number of nitrogens with one attached hydrogen (secondary N) is 1. The third-order valence-electron chi connectivity index (χ3n) is 1.52. The number of nitrogens with two attached hydrogens (primary N) is 1. The summed E-state index contributed by atoms with van der Waals surface area (Å²) in [5.41, 5.74) is 2.13. The number of hydrogen-bond donors (Lipinski definition) is 2. The van der Waals surface area contributed by atoms with Gasteiger partial charge in [-0.15, -0.1) is 11.8 Å². The number of amides is 1. The van der Waals surface area contributed by atoms with Gasteiger partial charge in [0, 0.05) is 5.25 Å². The molecular weight excluding hydrogens is 160 g/mol. The van der Waals surface area contributed by atoms with Crippen LogP contribution in [-0.4, -0.2) is 16.4 Å². The summed E-state index contributed by atoms with van der Waals surface area (Å²) in [6.45, 7) is 6.06. The normalized spacial score (nSPS) is 15.6. The predicted octanol–water partition coefficient (Wildman–Crippen LogP) is 0.897. The lowest BCUT2D eigenvalue weighted by Gasteiger charge is -2.13. The van der Waals surface area contributed by atoms with Gasteiger partial charge in [-0.3, -0.25) is 10.2 Å². The van der Waals surface area contributed by atoms with E-state index < -0.39 is 0 Å². The van der Waals surface area contributed by atoms with Crippen molar-refractivity contribution in [3.05, 3.63) is 0 Å². The first-order valence-electron chi connectivity index (χ1n) is 3.77. The van der Waals surface area contributed by atoms with Crippen LogP contribution in [0.25, 0.3) is 0 Å².